The third kappa shape index (κ3) is 5.55. The van der Waals surface area contributed by atoms with Crippen molar-refractivity contribution in [1.29, 1.82) is 0 Å². The minimum absolute atomic E-state index is 0.0317. The highest BCUT2D eigenvalue weighted by molar-refractivity contribution is 7.89. The van der Waals surface area contributed by atoms with E-state index in [0.717, 1.165) is 17.1 Å². The van der Waals surface area contributed by atoms with E-state index < -0.39 is 22.5 Å². The number of sulfonamides is 1. The minimum atomic E-state index is -3.82. The highest BCUT2D eigenvalue weighted by Crippen LogP contribution is 2.20. The standard InChI is InChI=1S/C16H20ClN3O4S/c1-20(25(23,24)14-8-6-13(17)7-9-14)11-16(22)19-18-15(21)10-12-4-2-3-5-12/h2,4,6-9,12H,3,5,10-11H2,1H3,(H,18,21)(H,19,22). The molecule has 7 nitrogen and oxygen atoms in total. The van der Waals surface area contributed by atoms with E-state index in [9.17, 15) is 18.0 Å². The number of likely N-dealkylation sites (N-methyl/N-ethyl adjacent to an activating group) is 1. The van der Waals surface area contributed by atoms with E-state index in [1.165, 1.54) is 31.3 Å². The summed E-state index contributed by atoms with van der Waals surface area (Å²) in [7, 11) is -2.53. The van der Waals surface area contributed by atoms with Crippen LogP contribution in [0.2, 0.25) is 5.02 Å². The van der Waals surface area contributed by atoms with Crippen LogP contribution in [0.1, 0.15) is 19.3 Å². The van der Waals surface area contributed by atoms with Gasteiger partial charge in [0.05, 0.1) is 11.4 Å². The summed E-state index contributed by atoms with van der Waals surface area (Å²) in [5.41, 5.74) is 4.53. The maximum absolute atomic E-state index is 12.4. The highest BCUT2D eigenvalue weighted by atomic mass is 35.5. The molecule has 1 aliphatic rings. The van der Waals surface area contributed by atoms with Gasteiger partial charge in [0.1, 0.15) is 0 Å². The minimum Gasteiger partial charge on any atom is -0.273 e. The van der Waals surface area contributed by atoms with Gasteiger partial charge in [-0.2, -0.15) is 4.31 Å². The fraction of sp³-hybridized carbons (Fsp3) is 0.375. The van der Waals surface area contributed by atoms with Crippen molar-refractivity contribution in [2.24, 2.45) is 5.92 Å². The third-order valence-corrected chi connectivity index (χ3v) is 5.86. The number of amides is 2. The topological polar surface area (TPSA) is 95.6 Å². The molecule has 0 aromatic heterocycles. The average Bonchev–Trinajstić information content (AvgIpc) is 3.06. The van der Waals surface area contributed by atoms with Crippen LogP contribution in [-0.2, 0) is 19.6 Å². The van der Waals surface area contributed by atoms with Gasteiger partial charge in [-0.25, -0.2) is 8.42 Å². The molecule has 0 radical (unpaired) electrons. The molecule has 0 spiro atoms. The molecule has 1 aromatic carbocycles. The Bertz CT molecular complexity index is 762. The van der Waals surface area contributed by atoms with Crippen molar-refractivity contribution in [3.63, 3.8) is 0 Å². The lowest BCUT2D eigenvalue weighted by Crippen LogP contribution is -2.47. The number of allylic oxidation sites excluding steroid dienone is 2. The molecule has 1 unspecified atom stereocenters. The molecule has 136 valence electrons. The van der Waals surface area contributed by atoms with E-state index in [1.807, 2.05) is 12.2 Å². The molecule has 1 aromatic rings. The van der Waals surface area contributed by atoms with Crippen LogP contribution in [0.25, 0.3) is 0 Å². The van der Waals surface area contributed by atoms with E-state index in [0.29, 0.717) is 5.02 Å². The van der Waals surface area contributed by atoms with Crippen molar-refractivity contribution in [3.8, 4) is 0 Å². The summed E-state index contributed by atoms with van der Waals surface area (Å²) < 4.78 is 25.6. The van der Waals surface area contributed by atoms with Gasteiger partial charge in [-0.3, -0.25) is 20.4 Å². The van der Waals surface area contributed by atoms with Crippen molar-refractivity contribution >= 4 is 33.4 Å². The number of hydrogen-bond acceptors (Lipinski definition) is 4. The van der Waals surface area contributed by atoms with Gasteiger partial charge in [-0.05, 0) is 43.0 Å². The maximum atomic E-state index is 12.4. The van der Waals surface area contributed by atoms with Crippen LogP contribution in [0, 0.1) is 5.92 Å². The Morgan fingerprint density at radius 2 is 1.84 bits per heavy atom. The number of halogens is 1. The molecule has 1 aliphatic carbocycles. The molecular weight excluding hydrogens is 366 g/mol. The van der Waals surface area contributed by atoms with Gasteiger partial charge in [0, 0.05) is 18.5 Å². The van der Waals surface area contributed by atoms with Crippen LogP contribution < -0.4 is 10.9 Å². The van der Waals surface area contributed by atoms with E-state index in [2.05, 4.69) is 10.9 Å². The van der Waals surface area contributed by atoms with Crippen LogP contribution in [0.5, 0.6) is 0 Å². The van der Waals surface area contributed by atoms with Crippen LogP contribution in [0.4, 0.5) is 0 Å². The van der Waals surface area contributed by atoms with Gasteiger partial charge in [-0.1, -0.05) is 23.8 Å². The Morgan fingerprint density at radius 3 is 2.44 bits per heavy atom. The van der Waals surface area contributed by atoms with Gasteiger partial charge < -0.3 is 0 Å². The Kier molecular flexibility index (Phi) is 6.57. The smallest absolute Gasteiger partial charge is 0.253 e. The van der Waals surface area contributed by atoms with Crippen LogP contribution in [-0.4, -0.2) is 38.1 Å². The highest BCUT2D eigenvalue weighted by Gasteiger charge is 2.23. The summed E-state index contributed by atoms with van der Waals surface area (Å²) in [4.78, 5) is 23.6. The molecule has 1 atom stereocenters. The molecule has 2 rings (SSSR count). The molecular formula is C16H20ClN3O4S. The van der Waals surface area contributed by atoms with Crippen LogP contribution in [0.15, 0.2) is 41.3 Å². The van der Waals surface area contributed by atoms with Crippen molar-refractivity contribution in [2.45, 2.75) is 24.2 Å². The summed E-state index contributed by atoms with van der Waals surface area (Å²) in [6.07, 6.45) is 6.16. The van der Waals surface area contributed by atoms with E-state index in [4.69, 9.17) is 11.6 Å². The zero-order chi connectivity index (χ0) is 18.4. The number of hydrogen-bond donors (Lipinski definition) is 2. The number of rotatable bonds is 6. The first-order valence-electron chi connectivity index (χ1n) is 7.75. The quantitative estimate of drug-likeness (QED) is 0.572. The third-order valence-electron chi connectivity index (χ3n) is 3.79. The maximum Gasteiger partial charge on any atom is 0.253 e. The lowest BCUT2D eigenvalue weighted by Gasteiger charge is -2.17. The predicted molar refractivity (Wildman–Crippen MR) is 94.0 cm³/mol. The Hall–Kier alpha value is -1.90. The van der Waals surface area contributed by atoms with Gasteiger partial charge in [0.15, 0.2) is 0 Å². The SMILES string of the molecule is CN(CC(=O)NNC(=O)CC1C=CCC1)S(=O)(=O)c1ccc(Cl)cc1. The zero-order valence-electron chi connectivity index (χ0n) is 13.7. The van der Waals surface area contributed by atoms with E-state index in [1.54, 1.807) is 0 Å². The van der Waals surface area contributed by atoms with Crippen LogP contribution >= 0.6 is 11.6 Å². The number of benzene rings is 1. The number of carbonyl (C=O) groups is 2. The van der Waals surface area contributed by atoms with E-state index >= 15 is 0 Å². The molecule has 0 fully saturated rings. The Morgan fingerprint density at radius 1 is 1.20 bits per heavy atom. The largest absolute Gasteiger partial charge is 0.273 e. The monoisotopic (exact) mass is 385 g/mol. The summed E-state index contributed by atoms with van der Waals surface area (Å²) >= 11 is 5.74. The van der Waals surface area contributed by atoms with E-state index in [-0.39, 0.29) is 23.1 Å². The fourth-order valence-electron chi connectivity index (χ4n) is 2.41. The second-order valence-corrected chi connectivity index (χ2v) is 8.26. The van der Waals surface area contributed by atoms with Crippen molar-refractivity contribution < 1.29 is 18.0 Å². The normalized spacial score (nSPS) is 16.8. The molecule has 2 N–H and O–H groups in total. The first-order valence-corrected chi connectivity index (χ1v) is 9.57. The summed E-state index contributed by atoms with van der Waals surface area (Å²) in [5.74, 6) is -0.756. The Balaban J connectivity index is 1.83. The number of nitrogens with zero attached hydrogens (tertiary/aromatic N) is 1. The second kappa shape index (κ2) is 8.46. The van der Waals surface area contributed by atoms with Crippen molar-refractivity contribution in [3.05, 3.63) is 41.4 Å². The molecule has 0 heterocycles. The second-order valence-electron chi connectivity index (χ2n) is 5.78. The summed E-state index contributed by atoms with van der Waals surface area (Å²) in [5, 5.41) is 0.416. The van der Waals surface area contributed by atoms with Crippen LogP contribution in [0.3, 0.4) is 0 Å². The molecule has 0 bridgehead atoms. The van der Waals surface area contributed by atoms with Crippen molar-refractivity contribution in [1.82, 2.24) is 15.2 Å². The number of nitrogens with one attached hydrogen (secondary N) is 2. The molecule has 2 amide bonds. The molecule has 0 aliphatic heterocycles. The van der Waals surface area contributed by atoms with Gasteiger partial charge in [0.2, 0.25) is 15.9 Å². The zero-order valence-corrected chi connectivity index (χ0v) is 15.3. The fourth-order valence-corrected chi connectivity index (χ4v) is 3.66. The number of carbonyl (C=O) groups excluding carboxylic acids is 2. The molecule has 0 saturated carbocycles. The van der Waals surface area contributed by atoms with Gasteiger partial charge >= 0.3 is 0 Å². The Labute approximate surface area is 152 Å². The van der Waals surface area contributed by atoms with Gasteiger partial charge in [0.25, 0.3) is 5.91 Å². The lowest BCUT2D eigenvalue weighted by atomic mass is 10.1. The average molecular weight is 386 g/mol. The molecule has 9 heteroatoms. The first kappa shape index (κ1) is 19.4. The first-order chi connectivity index (χ1) is 11.8. The lowest BCUT2D eigenvalue weighted by molar-refractivity contribution is -0.129. The summed E-state index contributed by atoms with van der Waals surface area (Å²) in [6.45, 7) is -0.422. The summed E-state index contributed by atoms with van der Waals surface area (Å²) in [6, 6.07) is 5.64. The van der Waals surface area contributed by atoms with Gasteiger partial charge in [-0.15, -0.1) is 0 Å². The van der Waals surface area contributed by atoms with Crippen molar-refractivity contribution in [2.75, 3.05) is 13.6 Å². The molecule has 25 heavy (non-hydrogen) atoms. The molecule has 0 saturated heterocycles. The number of hydrazine groups is 1. The predicted octanol–water partition coefficient (Wildman–Crippen LogP) is 1.46.